The van der Waals surface area contributed by atoms with Gasteiger partial charge in [0.25, 0.3) is 5.69 Å². The number of nitrogens with zero attached hydrogens (tertiary/aromatic N) is 1. The van der Waals surface area contributed by atoms with Crippen LogP contribution in [-0.2, 0) is 4.74 Å². The van der Waals surface area contributed by atoms with Crippen LogP contribution in [0.5, 0.6) is 0 Å². The highest BCUT2D eigenvalue weighted by Crippen LogP contribution is 2.48. The van der Waals surface area contributed by atoms with Gasteiger partial charge in [0.2, 0.25) is 0 Å². The van der Waals surface area contributed by atoms with Gasteiger partial charge in [-0.3, -0.25) is 10.1 Å². The SMILES string of the molecule is O=[N+]([O-])c1cc(F)ccc1NC[C@H]1CCC2(CCOCC2)[C@@H]1O. The van der Waals surface area contributed by atoms with Crippen molar-refractivity contribution >= 4 is 11.4 Å². The number of hydrogen-bond acceptors (Lipinski definition) is 5. The molecule has 1 saturated carbocycles. The minimum absolute atomic E-state index is 0.0396. The number of anilines is 1. The Labute approximate surface area is 133 Å². The highest BCUT2D eigenvalue weighted by atomic mass is 19.1. The molecular weight excluding hydrogens is 303 g/mol. The van der Waals surface area contributed by atoms with E-state index in [0.717, 1.165) is 31.7 Å². The molecule has 1 aliphatic carbocycles. The minimum Gasteiger partial charge on any atom is -0.392 e. The van der Waals surface area contributed by atoms with Crippen molar-refractivity contribution < 1.29 is 19.2 Å². The molecule has 2 aliphatic rings. The van der Waals surface area contributed by atoms with Crippen molar-refractivity contribution in [2.24, 2.45) is 11.3 Å². The topological polar surface area (TPSA) is 84.6 Å². The second-order valence-corrected chi connectivity index (χ2v) is 6.52. The van der Waals surface area contributed by atoms with Crippen molar-refractivity contribution in [2.75, 3.05) is 25.1 Å². The van der Waals surface area contributed by atoms with E-state index in [1.54, 1.807) is 0 Å². The average molecular weight is 324 g/mol. The first kappa shape index (κ1) is 16.1. The summed E-state index contributed by atoms with van der Waals surface area (Å²) >= 11 is 0. The van der Waals surface area contributed by atoms with Gasteiger partial charge in [-0.1, -0.05) is 0 Å². The molecular formula is C16H21FN2O4. The highest BCUT2D eigenvalue weighted by molar-refractivity contribution is 5.61. The van der Waals surface area contributed by atoms with Crippen LogP contribution in [0.2, 0.25) is 0 Å². The van der Waals surface area contributed by atoms with Crippen LogP contribution in [0.3, 0.4) is 0 Å². The summed E-state index contributed by atoms with van der Waals surface area (Å²) < 4.78 is 18.6. The Morgan fingerprint density at radius 1 is 1.39 bits per heavy atom. The molecule has 1 aliphatic heterocycles. The Balaban J connectivity index is 1.66. The third kappa shape index (κ3) is 3.16. The van der Waals surface area contributed by atoms with E-state index in [2.05, 4.69) is 5.32 Å². The largest absolute Gasteiger partial charge is 0.392 e. The Hall–Kier alpha value is -1.73. The molecule has 0 unspecified atom stereocenters. The molecule has 7 heteroatoms. The summed E-state index contributed by atoms with van der Waals surface area (Å²) in [7, 11) is 0. The maximum absolute atomic E-state index is 13.2. The summed E-state index contributed by atoms with van der Waals surface area (Å²) in [6.07, 6.45) is 3.12. The standard InChI is InChI=1S/C16H21FN2O4/c17-12-1-2-13(14(9-12)19(21)22)18-10-11-3-4-16(15(11)20)5-7-23-8-6-16/h1-2,9,11,15,18,20H,3-8,10H2/t11-,15-/m1/s1. The smallest absolute Gasteiger partial charge is 0.295 e. The molecule has 1 aromatic rings. The molecule has 126 valence electrons. The van der Waals surface area contributed by atoms with Gasteiger partial charge in [0.05, 0.1) is 17.1 Å². The Bertz CT molecular complexity index is 589. The fraction of sp³-hybridized carbons (Fsp3) is 0.625. The fourth-order valence-electron chi connectivity index (χ4n) is 3.86. The van der Waals surface area contributed by atoms with Gasteiger partial charge in [-0.25, -0.2) is 4.39 Å². The number of benzene rings is 1. The highest BCUT2D eigenvalue weighted by Gasteiger charge is 2.48. The van der Waals surface area contributed by atoms with E-state index in [0.29, 0.717) is 19.8 Å². The molecule has 0 bridgehead atoms. The summed E-state index contributed by atoms with van der Waals surface area (Å²) in [6, 6.07) is 3.48. The first-order valence-corrected chi connectivity index (χ1v) is 7.95. The normalized spacial score (nSPS) is 26.3. The lowest BCUT2D eigenvalue weighted by atomic mass is 9.76. The third-order valence-corrected chi connectivity index (χ3v) is 5.29. The summed E-state index contributed by atoms with van der Waals surface area (Å²) in [4.78, 5) is 10.4. The van der Waals surface area contributed by atoms with E-state index < -0.39 is 16.8 Å². The first-order valence-electron chi connectivity index (χ1n) is 7.95. The molecule has 0 radical (unpaired) electrons. The quantitative estimate of drug-likeness (QED) is 0.657. The third-order valence-electron chi connectivity index (χ3n) is 5.29. The van der Waals surface area contributed by atoms with E-state index in [9.17, 15) is 19.6 Å². The Morgan fingerprint density at radius 3 is 2.83 bits per heavy atom. The molecule has 1 heterocycles. The zero-order valence-corrected chi connectivity index (χ0v) is 12.8. The zero-order chi connectivity index (χ0) is 16.4. The van der Waals surface area contributed by atoms with Crippen LogP contribution < -0.4 is 5.32 Å². The molecule has 0 amide bonds. The second-order valence-electron chi connectivity index (χ2n) is 6.52. The molecule has 2 atom stereocenters. The number of aliphatic hydroxyl groups is 1. The lowest BCUT2D eigenvalue weighted by molar-refractivity contribution is -0.384. The van der Waals surface area contributed by atoms with Crippen LogP contribution in [0.15, 0.2) is 18.2 Å². The summed E-state index contributed by atoms with van der Waals surface area (Å²) in [5.41, 5.74) is -0.0610. The summed E-state index contributed by atoms with van der Waals surface area (Å²) in [5, 5.41) is 24.7. The Kier molecular flexibility index (Phi) is 4.50. The van der Waals surface area contributed by atoms with Crippen molar-refractivity contribution in [3.63, 3.8) is 0 Å². The van der Waals surface area contributed by atoms with Crippen LogP contribution in [0.25, 0.3) is 0 Å². The van der Waals surface area contributed by atoms with Crippen molar-refractivity contribution in [3.8, 4) is 0 Å². The lowest BCUT2D eigenvalue weighted by Gasteiger charge is -2.37. The number of nitro groups is 1. The summed E-state index contributed by atoms with van der Waals surface area (Å²) in [5.74, 6) is -0.595. The van der Waals surface area contributed by atoms with E-state index in [1.807, 2.05) is 0 Å². The average Bonchev–Trinajstić information content (AvgIpc) is 2.83. The van der Waals surface area contributed by atoms with E-state index >= 15 is 0 Å². The molecule has 0 aromatic heterocycles. The molecule has 1 aromatic carbocycles. The van der Waals surface area contributed by atoms with Gasteiger partial charge < -0.3 is 15.2 Å². The fourth-order valence-corrected chi connectivity index (χ4v) is 3.86. The summed E-state index contributed by atoms with van der Waals surface area (Å²) in [6.45, 7) is 1.80. The number of ether oxygens (including phenoxy) is 1. The van der Waals surface area contributed by atoms with Crippen LogP contribution in [0.1, 0.15) is 25.7 Å². The van der Waals surface area contributed by atoms with Gasteiger partial charge in [0.15, 0.2) is 0 Å². The van der Waals surface area contributed by atoms with Crippen molar-refractivity contribution in [3.05, 3.63) is 34.1 Å². The van der Waals surface area contributed by atoms with E-state index in [1.165, 1.54) is 12.1 Å². The maximum Gasteiger partial charge on any atom is 0.295 e. The van der Waals surface area contributed by atoms with Gasteiger partial charge in [-0.15, -0.1) is 0 Å². The predicted molar refractivity (Wildman–Crippen MR) is 82.8 cm³/mol. The number of rotatable bonds is 4. The van der Waals surface area contributed by atoms with Crippen LogP contribution in [0, 0.1) is 27.3 Å². The molecule has 23 heavy (non-hydrogen) atoms. The van der Waals surface area contributed by atoms with Crippen molar-refractivity contribution in [1.29, 1.82) is 0 Å². The minimum atomic E-state index is -0.635. The Morgan fingerprint density at radius 2 is 2.13 bits per heavy atom. The number of halogens is 1. The van der Waals surface area contributed by atoms with Crippen molar-refractivity contribution in [2.45, 2.75) is 31.8 Å². The molecule has 6 nitrogen and oxygen atoms in total. The number of nitrogens with one attached hydrogen (secondary N) is 1. The van der Waals surface area contributed by atoms with Gasteiger partial charge >= 0.3 is 0 Å². The zero-order valence-electron chi connectivity index (χ0n) is 12.8. The maximum atomic E-state index is 13.2. The van der Waals surface area contributed by atoms with Gasteiger partial charge in [0.1, 0.15) is 11.5 Å². The van der Waals surface area contributed by atoms with Crippen LogP contribution >= 0.6 is 0 Å². The monoisotopic (exact) mass is 324 g/mol. The molecule has 3 rings (SSSR count). The number of nitro benzene ring substituents is 1. The molecule has 1 saturated heterocycles. The molecule has 2 fully saturated rings. The molecule has 2 N–H and O–H groups in total. The predicted octanol–water partition coefficient (Wildman–Crippen LogP) is 2.71. The van der Waals surface area contributed by atoms with Crippen LogP contribution in [0.4, 0.5) is 15.8 Å². The second kappa shape index (κ2) is 6.41. The van der Waals surface area contributed by atoms with E-state index in [-0.39, 0.29) is 22.7 Å². The van der Waals surface area contributed by atoms with E-state index in [4.69, 9.17) is 4.74 Å². The van der Waals surface area contributed by atoms with Gasteiger partial charge in [-0.2, -0.15) is 0 Å². The number of aliphatic hydroxyl groups excluding tert-OH is 1. The molecule has 1 spiro atoms. The number of hydrogen-bond donors (Lipinski definition) is 2. The van der Waals surface area contributed by atoms with Gasteiger partial charge in [-0.05, 0) is 37.8 Å². The lowest BCUT2D eigenvalue weighted by Crippen LogP contribution is -2.40. The van der Waals surface area contributed by atoms with Crippen molar-refractivity contribution in [1.82, 2.24) is 0 Å². The first-order chi connectivity index (χ1) is 11.0. The van der Waals surface area contributed by atoms with Crippen LogP contribution in [-0.4, -0.2) is 35.9 Å². The van der Waals surface area contributed by atoms with Gasteiger partial charge in [0, 0.05) is 31.1 Å².